The third-order valence-electron chi connectivity index (χ3n) is 3.20. The van der Waals surface area contributed by atoms with Gasteiger partial charge in [-0.3, -0.25) is 4.21 Å². The average molecular weight is 296 g/mol. The van der Waals surface area contributed by atoms with E-state index in [1.807, 2.05) is 13.0 Å². The van der Waals surface area contributed by atoms with Gasteiger partial charge >= 0.3 is 0 Å². The van der Waals surface area contributed by atoms with Gasteiger partial charge in [0.25, 0.3) is 0 Å². The van der Waals surface area contributed by atoms with Crippen molar-refractivity contribution >= 4 is 22.4 Å². The number of nitrogens with zero attached hydrogens (tertiary/aromatic N) is 2. The molecule has 0 spiro atoms. The summed E-state index contributed by atoms with van der Waals surface area (Å²) in [5.41, 5.74) is 0. The van der Waals surface area contributed by atoms with E-state index in [0.29, 0.717) is 24.0 Å². The SMILES string of the molecule is CCCNc1cc(NCCS(=O)CC)nc(C2CC2)n1. The van der Waals surface area contributed by atoms with Gasteiger partial charge in [-0.15, -0.1) is 0 Å². The van der Waals surface area contributed by atoms with E-state index < -0.39 is 10.8 Å². The molecule has 1 unspecified atom stereocenters. The molecular weight excluding hydrogens is 272 g/mol. The number of rotatable bonds is 9. The lowest BCUT2D eigenvalue weighted by Gasteiger charge is -2.10. The van der Waals surface area contributed by atoms with Crippen LogP contribution in [0.3, 0.4) is 0 Å². The van der Waals surface area contributed by atoms with E-state index in [4.69, 9.17) is 0 Å². The number of nitrogens with one attached hydrogen (secondary N) is 2. The van der Waals surface area contributed by atoms with Crippen molar-refractivity contribution in [2.45, 2.75) is 39.0 Å². The molecule has 1 heterocycles. The number of hydrogen-bond donors (Lipinski definition) is 2. The van der Waals surface area contributed by atoms with Gasteiger partial charge in [0, 0.05) is 47.4 Å². The summed E-state index contributed by atoms with van der Waals surface area (Å²) < 4.78 is 11.4. The molecule has 1 aliphatic carbocycles. The Morgan fingerprint density at radius 1 is 1.20 bits per heavy atom. The standard InChI is InChI=1S/C14H24N4OS/c1-3-7-15-12-10-13(16-8-9-20(19)4-2)18-14(17-12)11-5-6-11/h10-11H,3-9H2,1-2H3,(H2,15,16,17,18). The third-order valence-corrected chi connectivity index (χ3v) is 4.50. The Morgan fingerprint density at radius 3 is 2.40 bits per heavy atom. The summed E-state index contributed by atoms with van der Waals surface area (Å²) in [6.07, 6.45) is 3.45. The van der Waals surface area contributed by atoms with Crippen LogP contribution in [0.4, 0.5) is 11.6 Å². The van der Waals surface area contributed by atoms with Crippen LogP contribution >= 0.6 is 0 Å². The zero-order chi connectivity index (χ0) is 14.4. The van der Waals surface area contributed by atoms with Crippen LogP contribution in [-0.2, 0) is 10.8 Å². The molecule has 1 fully saturated rings. The van der Waals surface area contributed by atoms with Crippen LogP contribution in [0.15, 0.2) is 6.07 Å². The Kier molecular flexibility index (Phi) is 5.76. The fourth-order valence-corrected chi connectivity index (χ4v) is 2.48. The van der Waals surface area contributed by atoms with E-state index >= 15 is 0 Å². The van der Waals surface area contributed by atoms with Crippen LogP contribution in [0.1, 0.15) is 44.9 Å². The van der Waals surface area contributed by atoms with Crippen molar-refractivity contribution in [1.82, 2.24) is 9.97 Å². The van der Waals surface area contributed by atoms with E-state index in [2.05, 4.69) is 27.5 Å². The highest BCUT2D eigenvalue weighted by molar-refractivity contribution is 7.84. The topological polar surface area (TPSA) is 66.9 Å². The monoisotopic (exact) mass is 296 g/mol. The maximum Gasteiger partial charge on any atom is 0.136 e. The molecule has 6 heteroatoms. The maximum absolute atomic E-state index is 11.4. The molecule has 0 amide bonds. The van der Waals surface area contributed by atoms with Gasteiger partial charge in [0.15, 0.2) is 0 Å². The lowest BCUT2D eigenvalue weighted by molar-refractivity contribution is 0.684. The van der Waals surface area contributed by atoms with Crippen molar-refractivity contribution in [3.63, 3.8) is 0 Å². The van der Waals surface area contributed by atoms with Gasteiger partial charge in [0.1, 0.15) is 17.5 Å². The molecule has 2 rings (SSSR count). The van der Waals surface area contributed by atoms with Crippen molar-refractivity contribution in [3.05, 3.63) is 11.9 Å². The molecule has 0 aromatic carbocycles. The smallest absolute Gasteiger partial charge is 0.136 e. The van der Waals surface area contributed by atoms with Crippen molar-refractivity contribution in [2.75, 3.05) is 35.2 Å². The summed E-state index contributed by atoms with van der Waals surface area (Å²) in [6, 6.07) is 1.94. The molecule has 2 N–H and O–H groups in total. The second-order valence-electron chi connectivity index (χ2n) is 5.06. The molecule has 5 nitrogen and oxygen atoms in total. The predicted molar refractivity (Wildman–Crippen MR) is 84.8 cm³/mol. The van der Waals surface area contributed by atoms with Crippen LogP contribution in [-0.4, -0.2) is 38.8 Å². The molecule has 0 radical (unpaired) electrons. The van der Waals surface area contributed by atoms with Gasteiger partial charge < -0.3 is 10.6 Å². The summed E-state index contributed by atoms with van der Waals surface area (Å²) >= 11 is 0. The van der Waals surface area contributed by atoms with Crippen LogP contribution in [0.25, 0.3) is 0 Å². The van der Waals surface area contributed by atoms with E-state index in [0.717, 1.165) is 30.4 Å². The van der Waals surface area contributed by atoms with Crippen molar-refractivity contribution in [2.24, 2.45) is 0 Å². The van der Waals surface area contributed by atoms with Gasteiger partial charge in [-0.1, -0.05) is 13.8 Å². The third kappa shape index (κ3) is 4.74. The summed E-state index contributed by atoms with van der Waals surface area (Å²) in [6.45, 7) is 5.68. The molecule has 1 saturated carbocycles. The van der Waals surface area contributed by atoms with Crippen LogP contribution in [0.5, 0.6) is 0 Å². The summed E-state index contributed by atoms with van der Waals surface area (Å²) in [4.78, 5) is 9.14. The fraction of sp³-hybridized carbons (Fsp3) is 0.714. The highest BCUT2D eigenvalue weighted by Crippen LogP contribution is 2.38. The van der Waals surface area contributed by atoms with Crippen molar-refractivity contribution in [1.29, 1.82) is 0 Å². The minimum absolute atomic E-state index is 0.531. The summed E-state index contributed by atoms with van der Waals surface area (Å²) in [5.74, 6) is 4.57. The van der Waals surface area contributed by atoms with Gasteiger partial charge in [-0.2, -0.15) is 0 Å². The van der Waals surface area contributed by atoms with Gasteiger partial charge in [-0.25, -0.2) is 9.97 Å². The first-order valence-corrected chi connectivity index (χ1v) is 8.93. The highest BCUT2D eigenvalue weighted by Gasteiger charge is 2.27. The summed E-state index contributed by atoms with van der Waals surface area (Å²) in [5, 5.41) is 6.58. The number of hydrogen-bond acceptors (Lipinski definition) is 5. The van der Waals surface area contributed by atoms with Crippen molar-refractivity contribution < 1.29 is 4.21 Å². The first-order valence-electron chi connectivity index (χ1n) is 7.44. The Bertz CT molecular complexity index is 462. The van der Waals surface area contributed by atoms with E-state index in [1.54, 1.807) is 0 Å². The molecule has 0 saturated heterocycles. The van der Waals surface area contributed by atoms with E-state index in [1.165, 1.54) is 12.8 Å². The molecule has 1 aromatic rings. The second kappa shape index (κ2) is 7.57. The van der Waals surface area contributed by atoms with Gasteiger partial charge in [0.05, 0.1) is 0 Å². The first kappa shape index (κ1) is 15.2. The molecule has 1 aromatic heterocycles. The largest absolute Gasteiger partial charge is 0.370 e. The number of aromatic nitrogens is 2. The van der Waals surface area contributed by atoms with Gasteiger partial charge in [-0.05, 0) is 19.3 Å². The average Bonchev–Trinajstić information content (AvgIpc) is 3.29. The minimum Gasteiger partial charge on any atom is -0.370 e. The maximum atomic E-state index is 11.4. The Labute approximate surface area is 123 Å². The van der Waals surface area contributed by atoms with E-state index in [-0.39, 0.29) is 0 Å². The molecule has 112 valence electrons. The lowest BCUT2D eigenvalue weighted by Crippen LogP contribution is -2.14. The molecule has 20 heavy (non-hydrogen) atoms. The molecule has 0 bridgehead atoms. The second-order valence-corrected chi connectivity index (χ2v) is 6.92. The van der Waals surface area contributed by atoms with Crippen LogP contribution in [0.2, 0.25) is 0 Å². The fourth-order valence-electron chi connectivity index (χ4n) is 1.86. The van der Waals surface area contributed by atoms with Crippen LogP contribution in [0, 0.1) is 0 Å². The Hall–Kier alpha value is -1.17. The summed E-state index contributed by atoms with van der Waals surface area (Å²) in [7, 11) is -0.734. The first-order chi connectivity index (χ1) is 9.72. The number of anilines is 2. The molecule has 1 aliphatic rings. The van der Waals surface area contributed by atoms with E-state index in [9.17, 15) is 4.21 Å². The van der Waals surface area contributed by atoms with Gasteiger partial charge in [0.2, 0.25) is 0 Å². The predicted octanol–water partition coefficient (Wildman–Crippen LogP) is 2.36. The minimum atomic E-state index is -0.734. The van der Waals surface area contributed by atoms with Crippen molar-refractivity contribution in [3.8, 4) is 0 Å². The Morgan fingerprint density at radius 2 is 1.85 bits per heavy atom. The zero-order valence-electron chi connectivity index (χ0n) is 12.3. The lowest BCUT2D eigenvalue weighted by atomic mass is 10.3. The Balaban J connectivity index is 1.98. The highest BCUT2D eigenvalue weighted by atomic mass is 32.2. The molecule has 0 aliphatic heterocycles. The molecular formula is C14H24N4OS. The normalized spacial score (nSPS) is 15.9. The molecule has 1 atom stereocenters. The van der Waals surface area contributed by atoms with Crippen LogP contribution < -0.4 is 10.6 Å². The zero-order valence-corrected chi connectivity index (χ0v) is 13.1. The quantitative estimate of drug-likeness (QED) is 0.732.